The minimum atomic E-state index is -1.11. The number of halogens is 3. The van der Waals surface area contributed by atoms with Gasteiger partial charge in [-0.1, -0.05) is 15.9 Å². The first-order valence-corrected chi connectivity index (χ1v) is 5.23. The van der Waals surface area contributed by atoms with Crippen molar-refractivity contribution in [1.29, 1.82) is 0 Å². The normalized spacial score (nSPS) is 10.4. The number of rotatable bonds is 5. The summed E-state index contributed by atoms with van der Waals surface area (Å²) in [5.74, 6) is -2.46. The van der Waals surface area contributed by atoms with E-state index < -0.39 is 24.2 Å². The number of hydrogen-bond donors (Lipinski definition) is 1. The molecule has 0 aromatic heterocycles. The molecule has 1 aromatic carbocycles. The molecule has 6 heteroatoms. The summed E-state index contributed by atoms with van der Waals surface area (Å²) in [5, 5.41) is 8.28. The van der Waals surface area contributed by atoms with Crippen molar-refractivity contribution in [1.82, 2.24) is 0 Å². The first-order valence-electron chi connectivity index (χ1n) is 4.43. The van der Waals surface area contributed by atoms with Crippen molar-refractivity contribution < 1.29 is 23.4 Å². The Labute approximate surface area is 99.2 Å². The fraction of sp³-hybridized carbons (Fsp3) is 0.300. The van der Waals surface area contributed by atoms with E-state index in [2.05, 4.69) is 15.9 Å². The van der Waals surface area contributed by atoms with Crippen LogP contribution in [0.25, 0.3) is 0 Å². The zero-order valence-electron chi connectivity index (χ0n) is 8.17. The van der Waals surface area contributed by atoms with E-state index in [0.29, 0.717) is 4.47 Å². The van der Waals surface area contributed by atoms with Crippen LogP contribution in [0, 0.1) is 11.6 Å². The molecule has 0 spiro atoms. The Bertz CT molecular complexity index is 373. The van der Waals surface area contributed by atoms with Crippen LogP contribution in [0.3, 0.4) is 0 Å². The summed E-state index contributed by atoms with van der Waals surface area (Å²) < 4.78 is 31.5. The molecule has 0 unspecified atom stereocenters. The van der Waals surface area contributed by atoms with Gasteiger partial charge in [0.25, 0.3) is 0 Å². The van der Waals surface area contributed by atoms with Gasteiger partial charge in [-0.3, -0.25) is 0 Å². The van der Waals surface area contributed by atoms with Gasteiger partial charge in [-0.2, -0.15) is 0 Å². The summed E-state index contributed by atoms with van der Waals surface area (Å²) in [6.07, 6.45) is -0.00176. The van der Waals surface area contributed by atoms with Crippen LogP contribution in [0.15, 0.2) is 16.6 Å². The molecular formula is C10H9BrF2O3. The summed E-state index contributed by atoms with van der Waals surface area (Å²) in [6.45, 7) is -0.512. The highest BCUT2D eigenvalue weighted by Gasteiger charge is 2.10. The van der Waals surface area contributed by atoms with Crippen LogP contribution in [0.5, 0.6) is 0 Å². The van der Waals surface area contributed by atoms with Crippen LogP contribution < -0.4 is 0 Å². The van der Waals surface area contributed by atoms with Gasteiger partial charge in [0.1, 0.15) is 18.2 Å². The lowest BCUT2D eigenvalue weighted by Gasteiger charge is -2.05. The average Bonchev–Trinajstić information content (AvgIpc) is 2.14. The second-order valence-electron chi connectivity index (χ2n) is 3.04. The number of benzene rings is 1. The van der Waals surface area contributed by atoms with Crippen LogP contribution >= 0.6 is 15.9 Å². The summed E-state index contributed by atoms with van der Waals surface area (Å²) in [4.78, 5) is 10.1. The highest BCUT2D eigenvalue weighted by molar-refractivity contribution is 9.10. The first kappa shape index (κ1) is 13.1. The van der Waals surface area contributed by atoms with Gasteiger partial charge in [-0.15, -0.1) is 0 Å². The number of ether oxygens (including phenoxy) is 1. The van der Waals surface area contributed by atoms with E-state index in [1.807, 2.05) is 0 Å². The fourth-order valence-corrected chi connectivity index (χ4v) is 1.55. The van der Waals surface area contributed by atoms with Gasteiger partial charge < -0.3 is 9.84 Å². The number of carboxylic acid groups (broad SMARTS) is 1. The Kier molecular flexibility index (Phi) is 4.82. The van der Waals surface area contributed by atoms with Gasteiger partial charge in [0.05, 0.1) is 6.61 Å². The highest BCUT2D eigenvalue weighted by atomic mass is 79.9. The third-order valence-electron chi connectivity index (χ3n) is 1.83. The lowest BCUT2D eigenvalue weighted by atomic mass is 10.1. The van der Waals surface area contributed by atoms with E-state index in [9.17, 15) is 13.6 Å². The number of carboxylic acids is 1. The molecule has 0 radical (unpaired) electrons. The topological polar surface area (TPSA) is 46.5 Å². The van der Waals surface area contributed by atoms with Gasteiger partial charge in [-0.25, -0.2) is 13.6 Å². The van der Waals surface area contributed by atoms with Crippen molar-refractivity contribution in [2.24, 2.45) is 0 Å². The van der Waals surface area contributed by atoms with E-state index in [-0.39, 0.29) is 18.6 Å². The lowest BCUT2D eigenvalue weighted by Crippen LogP contribution is -2.10. The Balaban J connectivity index is 2.57. The predicted octanol–water partition coefficient (Wildman–Crippen LogP) is 2.37. The van der Waals surface area contributed by atoms with Crippen LogP contribution in [0.2, 0.25) is 0 Å². The van der Waals surface area contributed by atoms with E-state index in [1.54, 1.807) is 0 Å². The number of aliphatic carboxylic acids is 1. The monoisotopic (exact) mass is 294 g/mol. The van der Waals surface area contributed by atoms with Crippen LogP contribution in [-0.4, -0.2) is 24.3 Å². The molecule has 1 rings (SSSR count). The Morgan fingerprint density at radius 1 is 1.38 bits per heavy atom. The minimum absolute atomic E-state index is 0.00176. The molecule has 0 atom stereocenters. The van der Waals surface area contributed by atoms with Gasteiger partial charge in [-0.05, 0) is 12.1 Å². The third kappa shape index (κ3) is 3.86. The van der Waals surface area contributed by atoms with Crippen molar-refractivity contribution >= 4 is 21.9 Å². The summed E-state index contributed by atoms with van der Waals surface area (Å²) >= 11 is 2.96. The van der Waals surface area contributed by atoms with Crippen LogP contribution in [0.1, 0.15) is 5.56 Å². The van der Waals surface area contributed by atoms with E-state index in [0.717, 1.165) is 12.1 Å². The quantitative estimate of drug-likeness (QED) is 0.848. The van der Waals surface area contributed by atoms with E-state index in [1.165, 1.54) is 0 Å². The molecule has 0 aliphatic rings. The van der Waals surface area contributed by atoms with Gasteiger partial charge >= 0.3 is 5.97 Å². The van der Waals surface area contributed by atoms with Crippen molar-refractivity contribution in [3.8, 4) is 0 Å². The van der Waals surface area contributed by atoms with Gasteiger partial charge in [0.2, 0.25) is 0 Å². The van der Waals surface area contributed by atoms with Crippen molar-refractivity contribution in [3.05, 3.63) is 33.8 Å². The largest absolute Gasteiger partial charge is 0.480 e. The molecule has 0 amide bonds. The fourth-order valence-electron chi connectivity index (χ4n) is 1.14. The number of hydrogen-bond acceptors (Lipinski definition) is 2. The SMILES string of the molecule is O=C(O)COCCc1c(F)cc(Br)cc1F. The molecule has 88 valence electrons. The number of carbonyl (C=O) groups is 1. The maximum absolute atomic E-state index is 13.3. The Morgan fingerprint density at radius 2 is 1.94 bits per heavy atom. The molecule has 0 saturated heterocycles. The third-order valence-corrected chi connectivity index (χ3v) is 2.29. The van der Waals surface area contributed by atoms with Crippen LogP contribution in [0.4, 0.5) is 8.78 Å². The lowest BCUT2D eigenvalue weighted by molar-refractivity contribution is -0.142. The Morgan fingerprint density at radius 3 is 2.44 bits per heavy atom. The molecule has 1 N–H and O–H groups in total. The van der Waals surface area contributed by atoms with Crippen molar-refractivity contribution in [2.45, 2.75) is 6.42 Å². The van der Waals surface area contributed by atoms with Crippen molar-refractivity contribution in [2.75, 3.05) is 13.2 Å². The average molecular weight is 295 g/mol. The molecule has 0 heterocycles. The molecule has 0 aliphatic heterocycles. The first-order chi connectivity index (χ1) is 7.50. The minimum Gasteiger partial charge on any atom is -0.480 e. The summed E-state index contributed by atoms with van der Waals surface area (Å²) in [7, 11) is 0. The molecule has 16 heavy (non-hydrogen) atoms. The predicted molar refractivity (Wildman–Crippen MR) is 56.2 cm³/mol. The smallest absolute Gasteiger partial charge is 0.329 e. The molecule has 0 aliphatic carbocycles. The molecule has 1 aromatic rings. The highest BCUT2D eigenvalue weighted by Crippen LogP contribution is 2.19. The summed E-state index contributed by atoms with van der Waals surface area (Å²) in [6, 6.07) is 2.30. The van der Waals surface area contributed by atoms with Gasteiger partial charge in [0.15, 0.2) is 0 Å². The maximum atomic E-state index is 13.3. The van der Waals surface area contributed by atoms with Gasteiger partial charge in [0, 0.05) is 16.5 Å². The Hall–Kier alpha value is -1.01. The summed E-state index contributed by atoms with van der Waals surface area (Å²) in [5.41, 5.74) is -0.103. The standard InChI is InChI=1S/C10H9BrF2O3/c11-6-3-8(12)7(9(13)4-6)1-2-16-5-10(14)15/h3-4H,1-2,5H2,(H,14,15). The molecule has 3 nitrogen and oxygen atoms in total. The molecular weight excluding hydrogens is 286 g/mol. The van der Waals surface area contributed by atoms with E-state index >= 15 is 0 Å². The zero-order chi connectivity index (χ0) is 12.1. The molecule has 0 bridgehead atoms. The van der Waals surface area contributed by atoms with E-state index in [4.69, 9.17) is 9.84 Å². The maximum Gasteiger partial charge on any atom is 0.329 e. The molecule has 0 saturated carbocycles. The molecule has 0 fully saturated rings. The second-order valence-corrected chi connectivity index (χ2v) is 3.96. The second kappa shape index (κ2) is 5.91. The zero-order valence-corrected chi connectivity index (χ0v) is 9.76. The van der Waals surface area contributed by atoms with Crippen LogP contribution in [-0.2, 0) is 16.0 Å². The van der Waals surface area contributed by atoms with Crippen molar-refractivity contribution in [3.63, 3.8) is 0 Å².